The zero-order valence-corrected chi connectivity index (χ0v) is 18.2. The van der Waals surface area contributed by atoms with Gasteiger partial charge >= 0.3 is 12.1 Å². The second-order valence-electron chi connectivity index (χ2n) is 6.92. The van der Waals surface area contributed by atoms with Crippen molar-refractivity contribution in [3.8, 4) is 0 Å². The zero-order chi connectivity index (χ0) is 23.8. The van der Waals surface area contributed by atoms with Crippen LogP contribution < -0.4 is 10.6 Å². The number of carboxylic acid groups (broad SMARTS) is 1. The molecule has 2 aromatic carbocycles. The van der Waals surface area contributed by atoms with Gasteiger partial charge in [-0.3, -0.25) is 0 Å². The van der Waals surface area contributed by atoms with Crippen LogP contribution in [0.3, 0.4) is 0 Å². The van der Waals surface area contributed by atoms with Gasteiger partial charge in [0.2, 0.25) is 5.95 Å². The Morgan fingerprint density at radius 2 is 1.85 bits per heavy atom. The lowest BCUT2D eigenvalue weighted by atomic mass is 10.0. The molecule has 0 spiro atoms. The molecule has 4 rings (SSSR count). The lowest BCUT2D eigenvalue weighted by molar-refractivity contribution is -0.192. The van der Waals surface area contributed by atoms with Crippen LogP contribution in [0, 0.1) is 0 Å². The largest absolute Gasteiger partial charge is 0.490 e. The number of nitrogens with one attached hydrogen (secondary N) is 2. The van der Waals surface area contributed by atoms with Crippen LogP contribution in [0.5, 0.6) is 0 Å². The molecule has 0 amide bonds. The Kier molecular flexibility index (Phi) is 7.78. The van der Waals surface area contributed by atoms with Crippen LogP contribution in [0.15, 0.2) is 66.3 Å². The van der Waals surface area contributed by atoms with Crippen molar-refractivity contribution in [2.75, 3.05) is 17.2 Å². The molecule has 4 aromatic rings. The Morgan fingerprint density at radius 3 is 2.55 bits per heavy atom. The topological polar surface area (TPSA) is 100 Å². The van der Waals surface area contributed by atoms with E-state index < -0.39 is 12.1 Å². The van der Waals surface area contributed by atoms with E-state index in [9.17, 15) is 13.2 Å². The predicted molar refractivity (Wildman–Crippen MR) is 122 cm³/mol. The standard InChI is InChI=1S/C20H19N5S.C2HF3O2/c1-14(15-5-3-2-4-6-15)12-22-19-9-10-21-20(25-19)24-16-7-8-17-18(11-16)26-13-23-17;3-2(4,5)1(6)7/h2-11,13-14H,12H2,1H3,(H2,21,22,24,25);(H,6,7). The molecule has 1 unspecified atom stereocenters. The monoisotopic (exact) mass is 475 g/mol. The van der Waals surface area contributed by atoms with E-state index in [1.807, 2.05) is 29.8 Å². The third-order valence-electron chi connectivity index (χ3n) is 4.44. The van der Waals surface area contributed by atoms with E-state index in [0.29, 0.717) is 11.9 Å². The summed E-state index contributed by atoms with van der Waals surface area (Å²) in [6, 6.07) is 18.4. The number of nitrogens with zero attached hydrogens (tertiary/aromatic N) is 3. The summed E-state index contributed by atoms with van der Waals surface area (Å²) in [7, 11) is 0. The van der Waals surface area contributed by atoms with Crippen molar-refractivity contribution in [2.24, 2.45) is 0 Å². The average Bonchev–Trinajstić information content (AvgIpc) is 3.26. The molecule has 3 N–H and O–H groups in total. The van der Waals surface area contributed by atoms with Gasteiger partial charge in [0, 0.05) is 18.4 Å². The van der Waals surface area contributed by atoms with Crippen LogP contribution in [0.2, 0.25) is 0 Å². The van der Waals surface area contributed by atoms with Crippen molar-refractivity contribution in [2.45, 2.75) is 19.0 Å². The minimum atomic E-state index is -5.08. The number of rotatable bonds is 6. The number of halogens is 3. The third kappa shape index (κ3) is 7.14. The molecule has 2 heterocycles. The molecule has 0 bridgehead atoms. The number of anilines is 3. The van der Waals surface area contributed by atoms with Crippen LogP contribution >= 0.6 is 11.3 Å². The fourth-order valence-corrected chi connectivity index (χ4v) is 3.45. The van der Waals surface area contributed by atoms with Crippen LogP contribution in [-0.4, -0.2) is 38.7 Å². The Labute approximate surface area is 191 Å². The molecule has 0 radical (unpaired) electrons. The van der Waals surface area contributed by atoms with Crippen molar-refractivity contribution >= 4 is 45.0 Å². The van der Waals surface area contributed by atoms with Gasteiger partial charge in [0.05, 0.1) is 15.7 Å². The van der Waals surface area contributed by atoms with E-state index in [4.69, 9.17) is 9.90 Å². The number of fused-ring (bicyclic) bond motifs is 1. The highest BCUT2D eigenvalue weighted by Gasteiger charge is 2.38. The summed E-state index contributed by atoms with van der Waals surface area (Å²) >= 11 is 1.62. The number of hydrogen-bond acceptors (Lipinski definition) is 7. The first-order valence-corrected chi connectivity index (χ1v) is 10.6. The van der Waals surface area contributed by atoms with Crippen molar-refractivity contribution in [1.29, 1.82) is 0 Å². The lowest BCUT2D eigenvalue weighted by Gasteiger charge is -2.14. The maximum absolute atomic E-state index is 10.6. The van der Waals surface area contributed by atoms with Crippen molar-refractivity contribution in [3.63, 3.8) is 0 Å². The molecule has 7 nitrogen and oxygen atoms in total. The Balaban J connectivity index is 0.000000383. The minimum absolute atomic E-state index is 0.399. The van der Waals surface area contributed by atoms with Gasteiger partial charge in [-0.2, -0.15) is 18.2 Å². The second kappa shape index (κ2) is 10.7. The number of aliphatic carboxylic acids is 1. The van der Waals surface area contributed by atoms with Gasteiger partial charge in [-0.1, -0.05) is 37.3 Å². The summed E-state index contributed by atoms with van der Waals surface area (Å²) in [5, 5.41) is 13.8. The molecule has 2 aromatic heterocycles. The smallest absolute Gasteiger partial charge is 0.475 e. The van der Waals surface area contributed by atoms with Crippen molar-refractivity contribution < 1.29 is 23.1 Å². The predicted octanol–water partition coefficient (Wildman–Crippen LogP) is 5.68. The van der Waals surface area contributed by atoms with Gasteiger partial charge in [0.25, 0.3) is 0 Å². The number of hydrogen-bond donors (Lipinski definition) is 3. The van der Waals surface area contributed by atoms with Gasteiger partial charge in [-0.15, -0.1) is 11.3 Å². The molecule has 0 aliphatic rings. The summed E-state index contributed by atoms with van der Waals surface area (Å²) in [6.45, 7) is 3.01. The van der Waals surface area contributed by atoms with Crippen LogP contribution in [0.25, 0.3) is 10.2 Å². The molecule has 0 fully saturated rings. The van der Waals surface area contributed by atoms with E-state index in [0.717, 1.165) is 28.3 Å². The molecule has 0 aliphatic carbocycles. The normalized spacial score (nSPS) is 11.9. The Hall–Kier alpha value is -3.73. The molecule has 33 heavy (non-hydrogen) atoms. The number of thiazole rings is 1. The second-order valence-corrected chi connectivity index (χ2v) is 7.81. The number of benzene rings is 2. The lowest BCUT2D eigenvalue weighted by Crippen LogP contribution is -2.21. The first kappa shape index (κ1) is 23.9. The first-order chi connectivity index (χ1) is 15.7. The zero-order valence-electron chi connectivity index (χ0n) is 17.4. The van der Waals surface area contributed by atoms with E-state index in [-0.39, 0.29) is 0 Å². The van der Waals surface area contributed by atoms with Gasteiger partial charge in [0.1, 0.15) is 5.82 Å². The maximum Gasteiger partial charge on any atom is 0.490 e. The molecule has 0 saturated carbocycles. The average molecular weight is 475 g/mol. The molecule has 0 aliphatic heterocycles. The quantitative estimate of drug-likeness (QED) is 0.330. The summed E-state index contributed by atoms with van der Waals surface area (Å²) in [5.74, 6) is -0.973. The summed E-state index contributed by atoms with van der Waals surface area (Å²) < 4.78 is 32.9. The number of carboxylic acids is 1. The van der Waals surface area contributed by atoms with Crippen LogP contribution in [0.1, 0.15) is 18.4 Å². The fourth-order valence-electron chi connectivity index (χ4n) is 2.74. The molecular formula is C22H20F3N5O2S. The van der Waals surface area contributed by atoms with Gasteiger partial charge in [-0.05, 0) is 35.7 Å². The highest BCUT2D eigenvalue weighted by Crippen LogP contribution is 2.23. The van der Waals surface area contributed by atoms with E-state index >= 15 is 0 Å². The molecule has 0 saturated heterocycles. The number of alkyl halides is 3. The summed E-state index contributed by atoms with van der Waals surface area (Å²) in [4.78, 5) is 22.1. The maximum atomic E-state index is 10.6. The van der Waals surface area contributed by atoms with Crippen molar-refractivity contribution in [1.82, 2.24) is 15.0 Å². The Bertz CT molecular complexity index is 1200. The molecule has 172 valence electrons. The van der Waals surface area contributed by atoms with Crippen LogP contribution in [0.4, 0.5) is 30.6 Å². The van der Waals surface area contributed by atoms with Gasteiger partial charge < -0.3 is 15.7 Å². The Morgan fingerprint density at radius 1 is 1.12 bits per heavy atom. The molecule has 11 heteroatoms. The molecule has 1 atom stereocenters. The van der Waals surface area contributed by atoms with Gasteiger partial charge in [0.15, 0.2) is 0 Å². The number of carbonyl (C=O) groups is 1. The minimum Gasteiger partial charge on any atom is -0.475 e. The number of aromatic nitrogens is 3. The van der Waals surface area contributed by atoms with E-state index in [1.54, 1.807) is 17.5 Å². The van der Waals surface area contributed by atoms with Crippen LogP contribution in [-0.2, 0) is 4.79 Å². The third-order valence-corrected chi connectivity index (χ3v) is 5.24. The summed E-state index contributed by atoms with van der Waals surface area (Å²) in [6.07, 6.45) is -3.32. The SMILES string of the molecule is CC(CNc1ccnc(Nc2ccc3ncsc3c2)n1)c1ccccc1.O=C(O)C(F)(F)F. The highest BCUT2D eigenvalue weighted by atomic mass is 32.1. The van der Waals surface area contributed by atoms with E-state index in [2.05, 4.69) is 62.8 Å². The fraction of sp³-hybridized carbons (Fsp3) is 0.182. The summed E-state index contributed by atoms with van der Waals surface area (Å²) in [5.41, 5.74) is 5.12. The van der Waals surface area contributed by atoms with Crippen molar-refractivity contribution in [3.05, 3.63) is 71.9 Å². The van der Waals surface area contributed by atoms with Gasteiger partial charge in [-0.25, -0.2) is 14.8 Å². The van der Waals surface area contributed by atoms with E-state index in [1.165, 1.54) is 5.56 Å². The highest BCUT2D eigenvalue weighted by molar-refractivity contribution is 7.16. The first-order valence-electron chi connectivity index (χ1n) is 9.74. The molecular weight excluding hydrogens is 455 g/mol.